The van der Waals surface area contributed by atoms with Crippen LogP contribution in [0, 0.1) is 12.7 Å². The van der Waals surface area contributed by atoms with Crippen molar-refractivity contribution in [1.82, 2.24) is 10.6 Å². The van der Waals surface area contributed by atoms with Gasteiger partial charge in [0.2, 0.25) is 5.91 Å². The molecule has 190 valence electrons. The lowest BCUT2D eigenvalue weighted by Crippen LogP contribution is -2.40. The molecule has 0 spiro atoms. The van der Waals surface area contributed by atoms with Crippen molar-refractivity contribution in [1.29, 1.82) is 0 Å². The van der Waals surface area contributed by atoms with Gasteiger partial charge in [-0.1, -0.05) is 16.8 Å². The molecule has 15 heteroatoms. The molecule has 2 heterocycles. The zero-order valence-corrected chi connectivity index (χ0v) is 19.1. The molecule has 1 aromatic heterocycles. The molecule has 0 bridgehead atoms. The number of rotatable bonds is 6. The Balaban J connectivity index is 1.68. The third-order valence-electron chi connectivity index (χ3n) is 4.70. The number of halogens is 8. The topological polar surface area (TPSA) is 79.8 Å². The molecule has 0 radical (unpaired) electrons. The molecule has 0 aliphatic carbocycles. The molecule has 0 fully saturated rings. The van der Waals surface area contributed by atoms with Crippen LogP contribution in [-0.2, 0) is 15.8 Å². The summed E-state index contributed by atoms with van der Waals surface area (Å²) in [5.41, 5.74) is -0.906. The first-order valence-corrected chi connectivity index (χ1v) is 10.9. The van der Waals surface area contributed by atoms with Crippen molar-refractivity contribution in [3.05, 3.63) is 55.5 Å². The van der Waals surface area contributed by atoms with E-state index < -0.39 is 65.3 Å². The minimum absolute atomic E-state index is 0.116. The number of aryl methyl sites for hydroxylation is 1. The fourth-order valence-electron chi connectivity index (χ4n) is 3.05. The van der Waals surface area contributed by atoms with Crippen molar-refractivity contribution < 1.29 is 45.2 Å². The monoisotopic (exact) mass is 545 g/mol. The number of nitrogens with one attached hydrogen (secondary N) is 2. The summed E-state index contributed by atoms with van der Waals surface area (Å²) in [6.07, 6.45) is -10.7. The van der Waals surface area contributed by atoms with Crippen LogP contribution in [0.1, 0.15) is 43.8 Å². The summed E-state index contributed by atoms with van der Waals surface area (Å²) >= 11 is 6.53. The van der Waals surface area contributed by atoms with Crippen molar-refractivity contribution in [3.63, 3.8) is 0 Å². The second-order valence-electron chi connectivity index (χ2n) is 7.39. The Kier molecular flexibility index (Phi) is 7.65. The van der Waals surface area contributed by atoms with E-state index in [4.69, 9.17) is 16.4 Å². The third-order valence-corrected chi connectivity index (χ3v) is 6.26. The Labute approximate surface area is 202 Å². The molecule has 2 aromatic rings. The summed E-state index contributed by atoms with van der Waals surface area (Å²) in [6.45, 7) is -0.676. The van der Waals surface area contributed by atoms with Crippen LogP contribution in [0.15, 0.2) is 23.4 Å². The van der Waals surface area contributed by atoms with Crippen molar-refractivity contribution in [3.8, 4) is 0 Å². The van der Waals surface area contributed by atoms with Gasteiger partial charge in [0.15, 0.2) is 6.10 Å². The van der Waals surface area contributed by atoms with E-state index in [0.29, 0.717) is 22.6 Å². The minimum atomic E-state index is -4.76. The number of carbonyl (C=O) groups is 2. The number of thiophene rings is 1. The molecule has 6 nitrogen and oxygen atoms in total. The number of amides is 2. The Morgan fingerprint density at radius 2 is 1.86 bits per heavy atom. The van der Waals surface area contributed by atoms with Crippen molar-refractivity contribution in [2.75, 3.05) is 13.1 Å². The lowest BCUT2D eigenvalue weighted by molar-refractivity contribution is -0.137. The van der Waals surface area contributed by atoms with Gasteiger partial charge in [0.25, 0.3) is 5.91 Å². The predicted molar refractivity (Wildman–Crippen MR) is 112 cm³/mol. The second-order valence-corrected chi connectivity index (χ2v) is 8.85. The SMILES string of the molecule is Cc1cc(C2=NOC(c3cc(C(F)(F)F)cc(Cl)c3F)C2)sc1C(=O)NCC(=O)NCC(F)(F)F. The van der Waals surface area contributed by atoms with Gasteiger partial charge in [-0.2, -0.15) is 26.3 Å². The van der Waals surface area contributed by atoms with Gasteiger partial charge < -0.3 is 15.5 Å². The fourth-order valence-corrected chi connectivity index (χ4v) is 4.36. The standard InChI is InChI=1S/C20H15ClF7N3O3S/c1-8-2-14(35-17(8)18(33)29-6-15(32)30-7-19(23,24)25)12-5-13(34-31-12)10-3-9(20(26,27)28)4-11(21)16(10)22/h2-4,13H,5-7H2,1H3,(H,29,33)(H,30,32). The van der Waals surface area contributed by atoms with Crippen molar-refractivity contribution in [2.45, 2.75) is 31.8 Å². The van der Waals surface area contributed by atoms with Crippen LogP contribution in [0.3, 0.4) is 0 Å². The van der Waals surface area contributed by atoms with E-state index in [1.165, 1.54) is 6.07 Å². The van der Waals surface area contributed by atoms with Crippen LogP contribution >= 0.6 is 22.9 Å². The third kappa shape index (κ3) is 6.63. The highest BCUT2D eigenvalue weighted by molar-refractivity contribution is 7.16. The Bertz CT molecular complexity index is 1180. The molecule has 2 amide bonds. The number of carbonyl (C=O) groups excluding carboxylic acids is 2. The molecule has 3 rings (SSSR count). The van der Waals surface area contributed by atoms with Crippen LogP contribution in [0.4, 0.5) is 30.7 Å². The number of nitrogens with zero attached hydrogens (tertiary/aromatic N) is 1. The Morgan fingerprint density at radius 3 is 2.49 bits per heavy atom. The first-order chi connectivity index (χ1) is 16.2. The molecular weight excluding hydrogens is 531 g/mol. The molecule has 1 aromatic carbocycles. The summed E-state index contributed by atoms with van der Waals surface area (Å²) in [6, 6.07) is 2.59. The zero-order chi connectivity index (χ0) is 26.1. The van der Waals surface area contributed by atoms with Crippen LogP contribution < -0.4 is 10.6 Å². The van der Waals surface area contributed by atoms with Gasteiger partial charge >= 0.3 is 12.4 Å². The molecular formula is C20H15ClF7N3O3S. The molecule has 0 saturated heterocycles. The Hall–Kier alpha value is -2.87. The van der Waals surface area contributed by atoms with Gasteiger partial charge in [0, 0.05) is 12.0 Å². The average molecular weight is 546 g/mol. The largest absolute Gasteiger partial charge is 0.416 e. The lowest BCUT2D eigenvalue weighted by atomic mass is 10.0. The Morgan fingerprint density at radius 1 is 1.17 bits per heavy atom. The first kappa shape index (κ1) is 26.7. The van der Waals surface area contributed by atoms with Gasteiger partial charge in [-0.25, -0.2) is 4.39 Å². The van der Waals surface area contributed by atoms with Gasteiger partial charge in [-0.15, -0.1) is 11.3 Å². The van der Waals surface area contributed by atoms with E-state index in [1.54, 1.807) is 12.2 Å². The van der Waals surface area contributed by atoms with E-state index in [-0.39, 0.29) is 17.0 Å². The number of hydrogen-bond donors (Lipinski definition) is 2. The first-order valence-electron chi connectivity index (χ1n) is 9.67. The molecule has 1 unspecified atom stereocenters. The maximum absolute atomic E-state index is 14.4. The average Bonchev–Trinajstić information content (AvgIpc) is 3.38. The molecule has 1 aliphatic heterocycles. The highest BCUT2D eigenvalue weighted by atomic mass is 35.5. The second kappa shape index (κ2) is 10.0. The normalized spacial score (nSPS) is 16.0. The van der Waals surface area contributed by atoms with Crippen LogP contribution in [0.25, 0.3) is 0 Å². The van der Waals surface area contributed by atoms with E-state index in [1.807, 2.05) is 0 Å². The van der Waals surface area contributed by atoms with Crippen LogP contribution in [0.5, 0.6) is 0 Å². The van der Waals surface area contributed by atoms with Gasteiger partial charge in [-0.3, -0.25) is 9.59 Å². The quantitative estimate of drug-likeness (QED) is 0.493. The maximum atomic E-state index is 14.4. The van der Waals surface area contributed by atoms with Gasteiger partial charge in [-0.05, 0) is 30.7 Å². The number of hydrogen-bond acceptors (Lipinski definition) is 5. The molecule has 35 heavy (non-hydrogen) atoms. The summed E-state index contributed by atoms with van der Waals surface area (Å²) in [7, 11) is 0. The maximum Gasteiger partial charge on any atom is 0.416 e. The lowest BCUT2D eigenvalue weighted by Gasteiger charge is -2.14. The van der Waals surface area contributed by atoms with E-state index in [2.05, 4.69) is 10.5 Å². The van der Waals surface area contributed by atoms with Crippen LogP contribution in [-0.4, -0.2) is 36.8 Å². The number of benzene rings is 1. The highest BCUT2D eigenvalue weighted by Gasteiger charge is 2.36. The highest BCUT2D eigenvalue weighted by Crippen LogP contribution is 2.39. The summed E-state index contributed by atoms with van der Waals surface area (Å²) in [4.78, 5) is 29.5. The molecule has 2 N–H and O–H groups in total. The smallest absolute Gasteiger partial charge is 0.387 e. The van der Waals surface area contributed by atoms with Gasteiger partial charge in [0.05, 0.1) is 26.9 Å². The molecule has 1 aliphatic rings. The molecule has 1 atom stereocenters. The van der Waals surface area contributed by atoms with E-state index in [0.717, 1.165) is 11.3 Å². The van der Waals surface area contributed by atoms with E-state index in [9.17, 15) is 40.3 Å². The summed E-state index contributed by atoms with van der Waals surface area (Å²) in [5, 5.41) is 6.88. The van der Waals surface area contributed by atoms with E-state index >= 15 is 0 Å². The minimum Gasteiger partial charge on any atom is -0.387 e. The van der Waals surface area contributed by atoms with Crippen molar-refractivity contribution in [2.24, 2.45) is 5.16 Å². The number of oxime groups is 1. The van der Waals surface area contributed by atoms with Crippen molar-refractivity contribution >= 4 is 40.5 Å². The zero-order valence-electron chi connectivity index (χ0n) is 17.5. The summed E-state index contributed by atoms with van der Waals surface area (Å²) < 4.78 is 90.1. The molecule has 0 saturated carbocycles. The number of alkyl halides is 6. The summed E-state index contributed by atoms with van der Waals surface area (Å²) in [5.74, 6) is -2.84. The van der Waals surface area contributed by atoms with Crippen LogP contribution in [0.2, 0.25) is 5.02 Å². The fraction of sp³-hybridized carbons (Fsp3) is 0.350. The predicted octanol–water partition coefficient (Wildman–Crippen LogP) is 5.14. The van der Waals surface area contributed by atoms with Gasteiger partial charge in [0.1, 0.15) is 18.1 Å².